The van der Waals surface area contributed by atoms with Crippen LogP contribution in [0, 0.1) is 11.8 Å². The molecule has 0 aliphatic carbocycles. The topological polar surface area (TPSA) is 92.9 Å². The summed E-state index contributed by atoms with van der Waals surface area (Å²) in [6.45, 7) is 0. The molecule has 2 saturated heterocycles. The third-order valence-electron chi connectivity index (χ3n) is 6.04. The standard InChI is InChI=1S/C22H19N3O4/c1-29-14-9-7-13(8-10-14)24-21(27)17-16-11-6-12-4-2-3-5-15(12)25(16)19(20(23)26)18(17)22(24)28/h2-11,16-19H,1H3,(H2,23,26)/t16-,17-,18+,19-/m0/s1. The largest absolute Gasteiger partial charge is 0.497 e. The van der Waals surface area contributed by atoms with Gasteiger partial charge in [-0.05, 0) is 35.9 Å². The molecule has 0 radical (unpaired) electrons. The van der Waals surface area contributed by atoms with Gasteiger partial charge in [-0.2, -0.15) is 0 Å². The van der Waals surface area contributed by atoms with E-state index in [0.717, 1.165) is 11.3 Å². The van der Waals surface area contributed by atoms with Gasteiger partial charge in [0.25, 0.3) is 0 Å². The molecule has 7 nitrogen and oxygen atoms in total. The highest BCUT2D eigenvalue weighted by atomic mass is 16.5. The molecule has 2 fully saturated rings. The molecule has 2 aromatic rings. The number of primary amides is 1. The minimum Gasteiger partial charge on any atom is -0.497 e. The van der Waals surface area contributed by atoms with Gasteiger partial charge in [-0.3, -0.25) is 14.4 Å². The summed E-state index contributed by atoms with van der Waals surface area (Å²) in [5.41, 5.74) is 7.95. The van der Waals surface area contributed by atoms with E-state index in [1.807, 2.05) is 41.3 Å². The Balaban J connectivity index is 1.59. The molecule has 0 bridgehead atoms. The first kappa shape index (κ1) is 17.5. The number of hydrogen-bond donors (Lipinski definition) is 1. The summed E-state index contributed by atoms with van der Waals surface area (Å²) >= 11 is 0. The van der Waals surface area contributed by atoms with Crippen molar-refractivity contribution in [3.63, 3.8) is 0 Å². The summed E-state index contributed by atoms with van der Waals surface area (Å²) in [6, 6.07) is 13.0. The van der Waals surface area contributed by atoms with E-state index in [-0.39, 0.29) is 5.91 Å². The molecule has 4 atom stereocenters. The van der Waals surface area contributed by atoms with Gasteiger partial charge in [0.05, 0.1) is 30.7 Å². The van der Waals surface area contributed by atoms with Crippen molar-refractivity contribution in [1.82, 2.24) is 0 Å². The number of carbonyl (C=O) groups excluding carboxylic acids is 3. The molecule has 3 aliphatic rings. The summed E-state index contributed by atoms with van der Waals surface area (Å²) in [4.78, 5) is 42.2. The van der Waals surface area contributed by atoms with E-state index in [4.69, 9.17) is 10.5 Å². The molecule has 29 heavy (non-hydrogen) atoms. The van der Waals surface area contributed by atoms with Crippen LogP contribution in [0.5, 0.6) is 5.75 Å². The van der Waals surface area contributed by atoms with Crippen molar-refractivity contribution in [2.45, 2.75) is 12.1 Å². The van der Waals surface area contributed by atoms with Gasteiger partial charge in [-0.25, -0.2) is 4.90 Å². The Bertz CT molecular complexity index is 1060. The Labute approximate surface area is 167 Å². The molecule has 3 amide bonds. The third kappa shape index (κ3) is 2.33. The van der Waals surface area contributed by atoms with Gasteiger partial charge in [0.2, 0.25) is 17.7 Å². The Morgan fingerprint density at radius 2 is 1.69 bits per heavy atom. The second-order valence-electron chi connectivity index (χ2n) is 7.42. The number of imide groups is 1. The van der Waals surface area contributed by atoms with Crippen molar-refractivity contribution < 1.29 is 19.1 Å². The molecule has 7 heteroatoms. The smallest absolute Gasteiger partial charge is 0.241 e. The zero-order valence-electron chi connectivity index (χ0n) is 15.7. The maximum atomic E-state index is 13.3. The molecule has 3 heterocycles. The quantitative estimate of drug-likeness (QED) is 0.805. The molecular weight excluding hydrogens is 370 g/mol. The Morgan fingerprint density at radius 1 is 1.00 bits per heavy atom. The van der Waals surface area contributed by atoms with Crippen LogP contribution in [0.1, 0.15) is 5.56 Å². The van der Waals surface area contributed by atoms with Crippen LogP contribution < -0.4 is 20.3 Å². The van der Waals surface area contributed by atoms with Crippen LogP contribution >= 0.6 is 0 Å². The van der Waals surface area contributed by atoms with Crippen molar-refractivity contribution in [2.24, 2.45) is 17.6 Å². The Kier molecular flexibility index (Phi) is 3.74. The van der Waals surface area contributed by atoms with Crippen LogP contribution in [0.2, 0.25) is 0 Å². The van der Waals surface area contributed by atoms with Crippen molar-refractivity contribution in [3.05, 3.63) is 60.2 Å². The van der Waals surface area contributed by atoms with Crippen LogP contribution in [-0.2, 0) is 14.4 Å². The summed E-state index contributed by atoms with van der Waals surface area (Å²) in [5.74, 6) is -2.16. The van der Waals surface area contributed by atoms with Gasteiger partial charge in [-0.15, -0.1) is 0 Å². The van der Waals surface area contributed by atoms with Crippen molar-refractivity contribution in [3.8, 4) is 5.75 Å². The highest BCUT2D eigenvalue weighted by Gasteiger charge is 2.64. The van der Waals surface area contributed by atoms with Crippen LogP contribution in [0.15, 0.2) is 54.6 Å². The predicted molar refractivity (Wildman–Crippen MR) is 107 cm³/mol. The summed E-state index contributed by atoms with van der Waals surface area (Å²) in [5, 5.41) is 0. The first-order chi connectivity index (χ1) is 14.0. The molecule has 146 valence electrons. The first-order valence-electron chi connectivity index (χ1n) is 9.39. The number of nitrogens with two attached hydrogens (primary N) is 1. The SMILES string of the molecule is COc1ccc(N2C(=O)[C@@H]3[C@@H](C2=O)[C@@H]2C=Cc4ccccc4N2[C@@H]3C(N)=O)cc1. The van der Waals surface area contributed by atoms with E-state index in [1.165, 1.54) is 4.90 Å². The van der Waals surface area contributed by atoms with Crippen LogP contribution in [0.25, 0.3) is 6.08 Å². The monoisotopic (exact) mass is 389 g/mol. The maximum Gasteiger partial charge on any atom is 0.241 e. The number of para-hydroxylation sites is 1. The molecule has 0 saturated carbocycles. The highest BCUT2D eigenvalue weighted by molar-refractivity contribution is 6.24. The normalized spacial score (nSPS) is 26.9. The molecule has 3 aliphatic heterocycles. The van der Waals surface area contributed by atoms with Gasteiger partial charge < -0.3 is 15.4 Å². The van der Waals surface area contributed by atoms with E-state index >= 15 is 0 Å². The first-order valence-corrected chi connectivity index (χ1v) is 9.39. The average Bonchev–Trinajstić information content (AvgIpc) is 3.21. The molecule has 2 aromatic carbocycles. The van der Waals surface area contributed by atoms with E-state index < -0.39 is 35.7 Å². The third-order valence-corrected chi connectivity index (χ3v) is 6.04. The molecule has 2 N–H and O–H groups in total. The number of benzene rings is 2. The van der Waals surface area contributed by atoms with Crippen LogP contribution in [-0.4, -0.2) is 36.9 Å². The predicted octanol–water partition coefficient (Wildman–Crippen LogP) is 1.57. The molecule has 0 unspecified atom stereocenters. The lowest BCUT2D eigenvalue weighted by Gasteiger charge is -2.35. The Hall–Kier alpha value is -3.61. The second-order valence-corrected chi connectivity index (χ2v) is 7.42. The number of rotatable bonds is 3. The van der Waals surface area contributed by atoms with Crippen molar-refractivity contribution >= 4 is 35.2 Å². The van der Waals surface area contributed by atoms with E-state index in [0.29, 0.717) is 11.4 Å². The number of amides is 3. The number of anilines is 2. The van der Waals surface area contributed by atoms with Crippen molar-refractivity contribution in [1.29, 1.82) is 0 Å². The number of fused-ring (bicyclic) bond motifs is 5. The number of carbonyl (C=O) groups is 3. The minimum atomic E-state index is -0.879. The molecule has 0 aromatic heterocycles. The lowest BCUT2D eigenvalue weighted by Crippen LogP contribution is -2.50. The summed E-state index contributed by atoms with van der Waals surface area (Å²) in [6.07, 6.45) is 3.83. The van der Waals surface area contributed by atoms with Gasteiger partial charge in [0.1, 0.15) is 11.8 Å². The van der Waals surface area contributed by atoms with Gasteiger partial charge in [-0.1, -0.05) is 30.4 Å². The highest BCUT2D eigenvalue weighted by Crippen LogP contribution is 2.48. The second kappa shape index (κ2) is 6.20. The summed E-state index contributed by atoms with van der Waals surface area (Å²) in [7, 11) is 1.55. The van der Waals surface area contributed by atoms with E-state index in [1.54, 1.807) is 31.4 Å². The van der Waals surface area contributed by atoms with Crippen LogP contribution in [0.3, 0.4) is 0 Å². The number of hydrogen-bond acceptors (Lipinski definition) is 5. The lowest BCUT2D eigenvalue weighted by atomic mass is 9.88. The lowest BCUT2D eigenvalue weighted by molar-refractivity contribution is -0.127. The van der Waals surface area contributed by atoms with Gasteiger partial charge >= 0.3 is 0 Å². The van der Waals surface area contributed by atoms with E-state index in [9.17, 15) is 14.4 Å². The van der Waals surface area contributed by atoms with Gasteiger partial charge in [0.15, 0.2) is 0 Å². The van der Waals surface area contributed by atoms with E-state index in [2.05, 4.69) is 0 Å². The fourth-order valence-corrected chi connectivity index (χ4v) is 4.82. The molecule has 5 rings (SSSR count). The zero-order valence-corrected chi connectivity index (χ0v) is 15.7. The zero-order chi connectivity index (χ0) is 20.3. The van der Waals surface area contributed by atoms with Crippen molar-refractivity contribution in [2.75, 3.05) is 16.9 Å². The average molecular weight is 389 g/mol. The number of nitrogens with zero attached hydrogens (tertiary/aromatic N) is 2. The minimum absolute atomic E-state index is 0.312. The molecular formula is C22H19N3O4. The summed E-state index contributed by atoms with van der Waals surface area (Å²) < 4.78 is 5.15. The van der Waals surface area contributed by atoms with Crippen LogP contribution in [0.4, 0.5) is 11.4 Å². The maximum absolute atomic E-state index is 13.3. The van der Waals surface area contributed by atoms with Gasteiger partial charge in [0, 0.05) is 5.69 Å². The fourth-order valence-electron chi connectivity index (χ4n) is 4.82. The molecule has 0 spiro atoms. The Morgan fingerprint density at radius 3 is 2.38 bits per heavy atom. The fraction of sp³-hybridized carbons (Fsp3) is 0.227. The number of methoxy groups -OCH3 is 1. The number of ether oxygens (including phenoxy) is 1.